The van der Waals surface area contributed by atoms with Crippen LogP contribution in [0.4, 0.5) is 4.39 Å². The Hall–Kier alpha value is -2.34. The van der Waals surface area contributed by atoms with Gasteiger partial charge in [0.05, 0.1) is 5.69 Å². The Morgan fingerprint density at radius 1 is 1.06 bits per heavy atom. The lowest BCUT2D eigenvalue weighted by molar-refractivity contribution is -0.132. The van der Waals surface area contributed by atoms with E-state index in [0.29, 0.717) is 5.56 Å². The lowest BCUT2D eigenvalue weighted by atomic mass is 10.0. The van der Waals surface area contributed by atoms with E-state index in [-0.39, 0.29) is 18.3 Å². The number of carbonyl (C=O) groups excluding carboxylic acids is 1. The van der Waals surface area contributed by atoms with Crippen molar-refractivity contribution >= 4 is 17.7 Å². The molecule has 0 N–H and O–H groups in total. The Balaban J connectivity index is 1.43. The van der Waals surface area contributed by atoms with Crippen LogP contribution in [0.5, 0.6) is 0 Å². The van der Waals surface area contributed by atoms with Gasteiger partial charge in [0.25, 0.3) is 0 Å². The number of rotatable bonds is 3. The fraction of sp³-hybridized carbons (Fsp3) is 0.440. The lowest BCUT2D eigenvalue weighted by Crippen LogP contribution is -2.35. The first-order valence-electron chi connectivity index (χ1n) is 11.0. The van der Waals surface area contributed by atoms with Crippen molar-refractivity contribution in [2.24, 2.45) is 0 Å². The summed E-state index contributed by atoms with van der Waals surface area (Å²) >= 11 is 1.91. The van der Waals surface area contributed by atoms with Crippen molar-refractivity contribution in [3.05, 3.63) is 62.3 Å². The molecule has 1 aromatic heterocycles. The average molecular weight is 440 g/mol. The molecule has 0 radical (unpaired) electrons. The van der Waals surface area contributed by atoms with Gasteiger partial charge in [-0.25, -0.2) is 4.39 Å². The fourth-order valence-corrected chi connectivity index (χ4v) is 5.39. The SMILES string of the molecule is CC1=C(C)SC2=C(CC1)CCN(C(=O)Cn1nc(-c3ccc(F)c(C)c3)cc1C)CC2. The highest BCUT2D eigenvalue weighted by Crippen LogP contribution is 2.40. The molecule has 0 saturated carbocycles. The van der Waals surface area contributed by atoms with Gasteiger partial charge in [0, 0.05) is 24.3 Å². The molecule has 2 aromatic rings. The minimum absolute atomic E-state index is 0.110. The second-order valence-electron chi connectivity index (χ2n) is 8.64. The zero-order valence-electron chi connectivity index (χ0n) is 18.8. The molecule has 1 amide bonds. The van der Waals surface area contributed by atoms with Crippen LogP contribution in [0.3, 0.4) is 0 Å². The van der Waals surface area contributed by atoms with Gasteiger partial charge in [-0.15, -0.1) is 0 Å². The van der Waals surface area contributed by atoms with E-state index in [9.17, 15) is 9.18 Å². The number of halogens is 1. The molecule has 0 saturated heterocycles. The van der Waals surface area contributed by atoms with E-state index < -0.39 is 0 Å². The van der Waals surface area contributed by atoms with Crippen molar-refractivity contribution in [2.45, 2.75) is 59.9 Å². The Morgan fingerprint density at radius 3 is 2.61 bits per heavy atom. The number of aromatic nitrogens is 2. The largest absolute Gasteiger partial charge is 0.340 e. The minimum Gasteiger partial charge on any atom is -0.340 e. The standard InChI is InChI=1S/C25H30FN3OS/c1-16-5-6-20-9-11-28(12-10-24(20)31-19(16)4)25(30)15-29-18(3)14-23(27-29)21-7-8-22(26)17(2)13-21/h7-8,13-14H,5-6,9-12,15H2,1-4H3. The molecule has 0 fully saturated rings. The molecule has 4 nitrogen and oxygen atoms in total. The number of nitrogens with zero attached hydrogens (tertiary/aromatic N) is 3. The molecule has 0 spiro atoms. The van der Waals surface area contributed by atoms with Crippen LogP contribution < -0.4 is 0 Å². The highest BCUT2D eigenvalue weighted by Gasteiger charge is 2.23. The summed E-state index contributed by atoms with van der Waals surface area (Å²) in [5, 5.41) is 4.64. The highest BCUT2D eigenvalue weighted by molar-refractivity contribution is 8.06. The van der Waals surface area contributed by atoms with Crippen molar-refractivity contribution in [1.29, 1.82) is 0 Å². The fourth-order valence-electron chi connectivity index (χ4n) is 4.20. The molecule has 164 valence electrons. The molecule has 31 heavy (non-hydrogen) atoms. The monoisotopic (exact) mass is 439 g/mol. The molecule has 2 aliphatic rings. The number of thioether (sulfide) groups is 1. The number of aryl methyl sites for hydroxylation is 2. The summed E-state index contributed by atoms with van der Waals surface area (Å²) in [5.41, 5.74) is 6.18. The molecule has 1 aromatic carbocycles. The van der Waals surface area contributed by atoms with Gasteiger partial charge >= 0.3 is 0 Å². The number of carbonyl (C=O) groups is 1. The van der Waals surface area contributed by atoms with Crippen molar-refractivity contribution < 1.29 is 9.18 Å². The van der Waals surface area contributed by atoms with Crippen LogP contribution in [0, 0.1) is 19.7 Å². The van der Waals surface area contributed by atoms with Gasteiger partial charge < -0.3 is 4.90 Å². The summed E-state index contributed by atoms with van der Waals surface area (Å²) in [6.07, 6.45) is 4.15. The van der Waals surface area contributed by atoms with Gasteiger partial charge in [-0.05, 0) is 93.0 Å². The molecule has 6 heteroatoms. The molecule has 2 aliphatic heterocycles. The predicted molar refractivity (Wildman–Crippen MR) is 125 cm³/mol. The molecule has 0 bridgehead atoms. The molecule has 4 rings (SSSR count). The molecule has 0 atom stereocenters. The summed E-state index contributed by atoms with van der Waals surface area (Å²) in [6.45, 7) is 9.94. The van der Waals surface area contributed by atoms with Gasteiger partial charge in [0.15, 0.2) is 0 Å². The minimum atomic E-state index is -0.220. The number of hydrogen-bond acceptors (Lipinski definition) is 3. The predicted octanol–water partition coefficient (Wildman–Crippen LogP) is 6.00. The second kappa shape index (κ2) is 9.03. The second-order valence-corrected chi connectivity index (χ2v) is 9.95. The summed E-state index contributed by atoms with van der Waals surface area (Å²) in [5.74, 6) is -0.110. The maximum atomic E-state index is 13.6. The maximum absolute atomic E-state index is 13.6. The van der Waals surface area contributed by atoms with Crippen molar-refractivity contribution in [3.63, 3.8) is 0 Å². The Kier molecular flexibility index (Phi) is 6.37. The van der Waals surface area contributed by atoms with Gasteiger partial charge in [-0.1, -0.05) is 22.9 Å². The van der Waals surface area contributed by atoms with Crippen LogP contribution in [-0.2, 0) is 11.3 Å². The van der Waals surface area contributed by atoms with E-state index >= 15 is 0 Å². The van der Waals surface area contributed by atoms with Crippen LogP contribution in [0.25, 0.3) is 11.3 Å². The summed E-state index contributed by atoms with van der Waals surface area (Å²) < 4.78 is 15.4. The zero-order chi connectivity index (χ0) is 22.1. The first-order chi connectivity index (χ1) is 14.8. The Labute approximate surface area is 188 Å². The Morgan fingerprint density at radius 2 is 1.84 bits per heavy atom. The third kappa shape index (κ3) is 4.79. The molecular weight excluding hydrogens is 409 g/mol. The van der Waals surface area contributed by atoms with Crippen LogP contribution in [0.1, 0.15) is 50.8 Å². The third-order valence-corrected chi connectivity index (χ3v) is 7.83. The van der Waals surface area contributed by atoms with Crippen LogP contribution in [0.2, 0.25) is 0 Å². The van der Waals surface area contributed by atoms with E-state index in [4.69, 9.17) is 0 Å². The topological polar surface area (TPSA) is 38.1 Å². The van der Waals surface area contributed by atoms with E-state index in [1.165, 1.54) is 27.0 Å². The van der Waals surface area contributed by atoms with Crippen molar-refractivity contribution in [3.8, 4) is 11.3 Å². The van der Waals surface area contributed by atoms with Crippen LogP contribution in [-0.4, -0.2) is 33.7 Å². The zero-order valence-corrected chi connectivity index (χ0v) is 19.6. The molecular formula is C25H30FN3OS. The van der Waals surface area contributed by atoms with Gasteiger partial charge in [0.2, 0.25) is 5.91 Å². The lowest BCUT2D eigenvalue weighted by Gasteiger charge is -2.21. The third-order valence-electron chi connectivity index (χ3n) is 6.44. The molecule has 0 unspecified atom stereocenters. The maximum Gasteiger partial charge on any atom is 0.244 e. The van der Waals surface area contributed by atoms with Gasteiger partial charge in [0.1, 0.15) is 12.4 Å². The number of benzene rings is 1. The van der Waals surface area contributed by atoms with Crippen LogP contribution >= 0.6 is 11.8 Å². The smallest absolute Gasteiger partial charge is 0.244 e. The Bertz CT molecular complexity index is 1080. The molecule has 0 aliphatic carbocycles. The van der Waals surface area contributed by atoms with Crippen molar-refractivity contribution in [1.82, 2.24) is 14.7 Å². The number of amides is 1. The first-order valence-corrected chi connectivity index (χ1v) is 11.8. The number of hydrogen-bond donors (Lipinski definition) is 0. The summed E-state index contributed by atoms with van der Waals surface area (Å²) in [7, 11) is 0. The normalized spacial score (nSPS) is 17.5. The van der Waals surface area contributed by atoms with E-state index in [1.54, 1.807) is 23.7 Å². The van der Waals surface area contributed by atoms with Crippen LogP contribution in [0.15, 0.2) is 45.2 Å². The van der Waals surface area contributed by atoms with Gasteiger partial charge in [-0.3, -0.25) is 9.48 Å². The number of allylic oxidation sites excluding steroid dienone is 2. The average Bonchev–Trinajstić information content (AvgIpc) is 2.90. The first kappa shape index (κ1) is 21.9. The van der Waals surface area contributed by atoms with Crippen molar-refractivity contribution in [2.75, 3.05) is 13.1 Å². The molecule has 3 heterocycles. The summed E-state index contributed by atoms with van der Waals surface area (Å²) in [4.78, 5) is 18.0. The van der Waals surface area contributed by atoms with Gasteiger partial charge in [-0.2, -0.15) is 5.10 Å². The highest BCUT2D eigenvalue weighted by atomic mass is 32.2. The van der Waals surface area contributed by atoms with E-state index in [1.807, 2.05) is 29.7 Å². The quantitative estimate of drug-likeness (QED) is 0.588. The summed E-state index contributed by atoms with van der Waals surface area (Å²) in [6, 6.07) is 6.96. The van der Waals surface area contributed by atoms with E-state index in [0.717, 1.165) is 55.7 Å². The van der Waals surface area contributed by atoms with E-state index in [2.05, 4.69) is 18.9 Å².